The predicted molar refractivity (Wildman–Crippen MR) is 76.8 cm³/mol. The predicted octanol–water partition coefficient (Wildman–Crippen LogP) is 3.76. The van der Waals surface area contributed by atoms with Crippen molar-refractivity contribution in [3.05, 3.63) is 35.4 Å². The molecule has 1 heterocycles. The van der Waals surface area contributed by atoms with Gasteiger partial charge in [-0.3, -0.25) is 5.41 Å². The Morgan fingerprint density at radius 1 is 1.11 bits per heavy atom. The number of nitrogens with zero attached hydrogens (tertiary/aromatic N) is 1. The van der Waals surface area contributed by atoms with Crippen molar-refractivity contribution in [2.45, 2.75) is 34.2 Å². The van der Waals surface area contributed by atoms with Crippen molar-refractivity contribution in [3.8, 4) is 0 Å². The molecule has 2 nitrogen and oxygen atoms in total. The van der Waals surface area contributed by atoms with E-state index < -0.39 is 0 Å². The van der Waals surface area contributed by atoms with E-state index in [1.54, 1.807) is 0 Å². The fourth-order valence-electron chi connectivity index (χ4n) is 2.95. The molecule has 0 bridgehead atoms. The Labute approximate surface area is 111 Å². The Hall–Kier alpha value is -1.31. The molecule has 2 rings (SSSR count). The monoisotopic (exact) mass is 244 g/mol. The van der Waals surface area contributed by atoms with Gasteiger partial charge in [0.25, 0.3) is 0 Å². The lowest BCUT2D eigenvalue weighted by atomic mass is 9.85. The molecule has 0 aliphatic carbocycles. The van der Waals surface area contributed by atoms with E-state index in [1.807, 2.05) is 6.07 Å². The van der Waals surface area contributed by atoms with Gasteiger partial charge >= 0.3 is 0 Å². The lowest BCUT2D eigenvalue weighted by molar-refractivity contribution is 0.221. The zero-order valence-corrected chi connectivity index (χ0v) is 11.9. The average molecular weight is 244 g/mol. The second-order valence-electron chi connectivity index (χ2n) is 6.04. The maximum absolute atomic E-state index is 8.29. The highest BCUT2D eigenvalue weighted by Crippen LogP contribution is 2.27. The van der Waals surface area contributed by atoms with Crippen LogP contribution < -0.4 is 0 Å². The van der Waals surface area contributed by atoms with Crippen LogP contribution >= 0.6 is 0 Å². The summed E-state index contributed by atoms with van der Waals surface area (Å²) < 4.78 is 0. The first-order valence-electron chi connectivity index (χ1n) is 6.92. The minimum absolute atomic E-state index is 0.652. The van der Waals surface area contributed by atoms with Crippen LogP contribution in [0.1, 0.15) is 38.8 Å². The summed E-state index contributed by atoms with van der Waals surface area (Å²) in [5.74, 6) is 2.69. The Morgan fingerprint density at radius 2 is 1.72 bits per heavy atom. The molecule has 1 aliphatic heterocycles. The van der Waals surface area contributed by atoms with Gasteiger partial charge in [0, 0.05) is 18.7 Å². The summed E-state index contributed by atoms with van der Waals surface area (Å²) in [7, 11) is 0. The largest absolute Gasteiger partial charge is 0.352 e. The highest BCUT2D eigenvalue weighted by molar-refractivity contribution is 6.00. The van der Waals surface area contributed by atoms with Crippen LogP contribution in [0.4, 0.5) is 0 Å². The third-order valence-corrected chi connectivity index (χ3v) is 4.09. The normalized spacial score (nSPS) is 15.1. The first-order chi connectivity index (χ1) is 8.50. The van der Waals surface area contributed by atoms with Gasteiger partial charge in [0.15, 0.2) is 0 Å². The van der Waals surface area contributed by atoms with Gasteiger partial charge in [0.05, 0.1) is 0 Å². The lowest BCUT2D eigenvalue weighted by Gasteiger charge is -2.30. The number of fused-ring (bicyclic) bond motifs is 1. The summed E-state index contributed by atoms with van der Waals surface area (Å²) in [6.45, 7) is 11.1. The molecule has 2 heteroatoms. The molecule has 0 unspecified atom stereocenters. The van der Waals surface area contributed by atoms with Gasteiger partial charge in [0.2, 0.25) is 0 Å². The maximum Gasteiger partial charge on any atom is 0.128 e. The first-order valence-corrected chi connectivity index (χ1v) is 6.92. The summed E-state index contributed by atoms with van der Waals surface area (Å²) in [5, 5.41) is 8.29. The van der Waals surface area contributed by atoms with Gasteiger partial charge in [-0.1, -0.05) is 52.0 Å². The minimum Gasteiger partial charge on any atom is -0.352 e. The average Bonchev–Trinajstić information content (AvgIpc) is 2.63. The molecule has 18 heavy (non-hydrogen) atoms. The van der Waals surface area contributed by atoms with Gasteiger partial charge in [-0.05, 0) is 23.3 Å². The van der Waals surface area contributed by atoms with E-state index >= 15 is 0 Å². The molecule has 0 fully saturated rings. The molecule has 0 atom stereocenters. The first kappa shape index (κ1) is 13.1. The van der Waals surface area contributed by atoms with E-state index in [2.05, 4.69) is 50.8 Å². The van der Waals surface area contributed by atoms with E-state index in [0.29, 0.717) is 23.6 Å². The molecule has 0 saturated heterocycles. The molecule has 1 aliphatic rings. The molecule has 1 aromatic carbocycles. The van der Waals surface area contributed by atoms with Crippen LogP contribution in [0.15, 0.2) is 24.3 Å². The highest BCUT2D eigenvalue weighted by atomic mass is 15.2. The second kappa shape index (κ2) is 5.13. The van der Waals surface area contributed by atoms with E-state index in [9.17, 15) is 0 Å². The molecule has 0 saturated carbocycles. The quantitative estimate of drug-likeness (QED) is 0.858. The van der Waals surface area contributed by atoms with E-state index in [1.165, 1.54) is 5.56 Å². The summed E-state index contributed by atoms with van der Waals surface area (Å²) in [6.07, 6.45) is 0. The molecule has 0 radical (unpaired) electrons. The topological polar surface area (TPSA) is 27.1 Å². The summed E-state index contributed by atoms with van der Waals surface area (Å²) in [6, 6.07) is 8.30. The molecular weight excluding hydrogens is 220 g/mol. The number of hydrogen-bond acceptors (Lipinski definition) is 1. The van der Waals surface area contributed by atoms with Gasteiger partial charge < -0.3 is 4.90 Å². The van der Waals surface area contributed by atoms with Crippen LogP contribution in [0.5, 0.6) is 0 Å². The zero-order chi connectivity index (χ0) is 13.3. The highest BCUT2D eigenvalue weighted by Gasteiger charge is 2.28. The van der Waals surface area contributed by atoms with Crippen LogP contribution in [-0.4, -0.2) is 17.3 Å². The number of nitrogens with one attached hydrogen (secondary N) is 1. The van der Waals surface area contributed by atoms with E-state index in [0.717, 1.165) is 18.7 Å². The Bertz CT molecular complexity index is 426. The third kappa shape index (κ3) is 2.43. The van der Waals surface area contributed by atoms with Crippen LogP contribution in [-0.2, 0) is 6.54 Å². The van der Waals surface area contributed by atoms with Crippen molar-refractivity contribution >= 4 is 5.84 Å². The number of benzene rings is 1. The SMILES string of the molecule is CC(C)C(CN1Cc2ccccc2C1=N)C(C)C. The van der Waals surface area contributed by atoms with Gasteiger partial charge in [-0.15, -0.1) is 0 Å². The number of rotatable bonds is 4. The Morgan fingerprint density at radius 3 is 2.28 bits per heavy atom. The Balaban J connectivity index is 2.12. The third-order valence-electron chi connectivity index (χ3n) is 4.09. The summed E-state index contributed by atoms with van der Waals surface area (Å²) in [5.41, 5.74) is 2.41. The van der Waals surface area contributed by atoms with Crippen molar-refractivity contribution < 1.29 is 0 Å². The molecule has 0 spiro atoms. The van der Waals surface area contributed by atoms with Crippen LogP contribution in [0.2, 0.25) is 0 Å². The molecule has 1 N–H and O–H groups in total. The molecule has 1 aromatic rings. The van der Waals surface area contributed by atoms with Crippen molar-refractivity contribution in [1.29, 1.82) is 5.41 Å². The van der Waals surface area contributed by atoms with Gasteiger partial charge in [-0.2, -0.15) is 0 Å². The fraction of sp³-hybridized carbons (Fsp3) is 0.562. The summed E-state index contributed by atoms with van der Waals surface area (Å²) in [4.78, 5) is 2.23. The minimum atomic E-state index is 0.652. The van der Waals surface area contributed by atoms with Crippen molar-refractivity contribution in [2.75, 3.05) is 6.54 Å². The van der Waals surface area contributed by atoms with Crippen molar-refractivity contribution in [3.63, 3.8) is 0 Å². The smallest absolute Gasteiger partial charge is 0.128 e. The standard InChI is InChI=1S/C16H24N2/c1-11(2)15(12(3)4)10-18-9-13-7-5-6-8-14(13)16(18)17/h5-8,11-12,15,17H,9-10H2,1-4H3. The van der Waals surface area contributed by atoms with Crippen molar-refractivity contribution in [1.82, 2.24) is 4.90 Å². The van der Waals surface area contributed by atoms with Crippen LogP contribution in [0.25, 0.3) is 0 Å². The lowest BCUT2D eigenvalue weighted by Crippen LogP contribution is -2.34. The molecule has 98 valence electrons. The zero-order valence-electron chi connectivity index (χ0n) is 11.9. The number of amidine groups is 1. The summed E-state index contributed by atoms with van der Waals surface area (Å²) >= 11 is 0. The van der Waals surface area contributed by atoms with Crippen molar-refractivity contribution in [2.24, 2.45) is 17.8 Å². The van der Waals surface area contributed by atoms with Gasteiger partial charge in [-0.25, -0.2) is 0 Å². The van der Waals surface area contributed by atoms with E-state index in [-0.39, 0.29) is 0 Å². The Kier molecular flexibility index (Phi) is 3.74. The molecule has 0 amide bonds. The molecule has 0 aromatic heterocycles. The number of hydrogen-bond donors (Lipinski definition) is 1. The maximum atomic E-state index is 8.29. The van der Waals surface area contributed by atoms with E-state index in [4.69, 9.17) is 5.41 Å². The second-order valence-corrected chi connectivity index (χ2v) is 6.04. The van der Waals surface area contributed by atoms with Gasteiger partial charge in [0.1, 0.15) is 5.84 Å². The van der Waals surface area contributed by atoms with Crippen LogP contribution in [0, 0.1) is 23.2 Å². The van der Waals surface area contributed by atoms with Crippen LogP contribution in [0.3, 0.4) is 0 Å². The fourth-order valence-corrected chi connectivity index (χ4v) is 2.95. The molecular formula is C16H24N2.